The minimum absolute atomic E-state index is 0.166. The average molecular weight is 350 g/mol. The number of ketones is 2. The van der Waals surface area contributed by atoms with Crippen molar-refractivity contribution in [2.75, 3.05) is 0 Å². The molecule has 8 heteroatoms. The van der Waals surface area contributed by atoms with E-state index in [1.165, 1.54) is 23.5 Å². The van der Waals surface area contributed by atoms with Crippen molar-refractivity contribution in [2.45, 2.75) is 5.54 Å². The van der Waals surface area contributed by atoms with E-state index in [0.29, 0.717) is 4.88 Å². The number of hydrogen-bond donors (Lipinski definition) is 2. The molecule has 0 unspecified atom stereocenters. The molecule has 122 valence electrons. The number of rotatable bonds is 4. The van der Waals surface area contributed by atoms with Crippen molar-refractivity contribution in [1.82, 2.24) is 10.9 Å². The lowest BCUT2D eigenvalue weighted by Crippen LogP contribution is -2.59. The van der Waals surface area contributed by atoms with Gasteiger partial charge in [-0.25, -0.2) is 5.43 Å². The van der Waals surface area contributed by atoms with Crippen LogP contribution in [0.3, 0.4) is 0 Å². The summed E-state index contributed by atoms with van der Waals surface area (Å²) in [5.74, 6) is -3.37. The molecule has 0 radical (unpaired) electrons. The van der Waals surface area contributed by atoms with Gasteiger partial charge in [0.2, 0.25) is 5.54 Å². The Hall–Kier alpha value is -3.33. The standard InChI is InChI=1S/C17H10N4O3S/c18-8-17(9-19,21-20-16(24)12-6-3-7-25-12)13-14(22)10-4-1-2-5-11(10)15(13)23/h1-7,13,21H,(H,20,24). The highest BCUT2D eigenvalue weighted by atomic mass is 32.1. The average Bonchev–Trinajstić information content (AvgIpc) is 3.26. The van der Waals surface area contributed by atoms with Gasteiger partial charge in [-0.3, -0.25) is 19.8 Å². The van der Waals surface area contributed by atoms with E-state index in [2.05, 4.69) is 10.9 Å². The van der Waals surface area contributed by atoms with E-state index < -0.39 is 28.9 Å². The molecule has 0 spiro atoms. The zero-order chi connectivity index (χ0) is 18.0. The van der Waals surface area contributed by atoms with Gasteiger partial charge in [0.15, 0.2) is 11.6 Å². The lowest BCUT2D eigenvalue weighted by Gasteiger charge is -2.24. The minimum atomic E-state index is -2.21. The van der Waals surface area contributed by atoms with E-state index in [-0.39, 0.29) is 11.1 Å². The van der Waals surface area contributed by atoms with Crippen molar-refractivity contribution < 1.29 is 14.4 Å². The first-order chi connectivity index (χ1) is 12.0. The van der Waals surface area contributed by atoms with E-state index >= 15 is 0 Å². The normalized spacial score (nSPS) is 13.8. The van der Waals surface area contributed by atoms with Gasteiger partial charge in [-0.1, -0.05) is 30.3 Å². The molecule has 25 heavy (non-hydrogen) atoms. The number of nitriles is 2. The zero-order valence-electron chi connectivity index (χ0n) is 12.6. The van der Waals surface area contributed by atoms with Crippen LogP contribution in [0.25, 0.3) is 0 Å². The van der Waals surface area contributed by atoms with Gasteiger partial charge < -0.3 is 0 Å². The number of amides is 1. The summed E-state index contributed by atoms with van der Waals surface area (Å²) in [4.78, 5) is 37.5. The summed E-state index contributed by atoms with van der Waals surface area (Å²) in [7, 11) is 0. The molecule has 0 fully saturated rings. The van der Waals surface area contributed by atoms with Crippen molar-refractivity contribution >= 4 is 28.8 Å². The van der Waals surface area contributed by atoms with Gasteiger partial charge in [-0.15, -0.1) is 11.3 Å². The number of fused-ring (bicyclic) bond motifs is 1. The molecular weight excluding hydrogens is 340 g/mol. The third-order valence-corrected chi connectivity index (χ3v) is 4.75. The molecule has 1 aromatic carbocycles. The summed E-state index contributed by atoms with van der Waals surface area (Å²) in [5, 5.41) is 20.7. The van der Waals surface area contributed by atoms with Crippen LogP contribution in [0.5, 0.6) is 0 Å². The molecule has 3 rings (SSSR count). The highest BCUT2D eigenvalue weighted by Gasteiger charge is 2.54. The third kappa shape index (κ3) is 2.60. The summed E-state index contributed by atoms with van der Waals surface area (Å²) in [6.45, 7) is 0. The Balaban J connectivity index is 1.90. The van der Waals surface area contributed by atoms with Crippen molar-refractivity contribution in [1.29, 1.82) is 10.5 Å². The quantitative estimate of drug-likeness (QED) is 0.636. The van der Waals surface area contributed by atoms with E-state index in [1.54, 1.807) is 41.8 Å². The first-order valence-corrected chi connectivity index (χ1v) is 8.03. The molecule has 1 aromatic heterocycles. The molecule has 7 nitrogen and oxygen atoms in total. The maximum Gasteiger partial charge on any atom is 0.275 e. The van der Waals surface area contributed by atoms with Crippen LogP contribution in [0.2, 0.25) is 0 Å². The summed E-state index contributed by atoms with van der Waals surface area (Å²) in [6, 6.07) is 12.7. The van der Waals surface area contributed by atoms with Crippen LogP contribution in [0.4, 0.5) is 0 Å². The molecular formula is C17H10N4O3S. The molecule has 0 aliphatic heterocycles. The van der Waals surface area contributed by atoms with Crippen LogP contribution in [0.1, 0.15) is 30.4 Å². The van der Waals surface area contributed by atoms with Crippen molar-refractivity contribution in [3.05, 3.63) is 57.8 Å². The lowest BCUT2D eigenvalue weighted by atomic mass is 9.83. The summed E-state index contributed by atoms with van der Waals surface area (Å²) in [5.41, 5.74) is 2.67. The number of hydrazine groups is 1. The number of Topliss-reactive ketones (excluding diaryl/α,β-unsaturated/α-hetero) is 2. The largest absolute Gasteiger partial charge is 0.293 e. The molecule has 0 saturated heterocycles. The molecule has 0 bridgehead atoms. The smallest absolute Gasteiger partial charge is 0.275 e. The fourth-order valence-electron chi connectivity index (χ4n) is 2.64. The van der Waals surface area contributed by atoms with E-state index in [0.717, 1.165) is 0 Å². The first kappa shape index (κ1) is 16.5. The molecule has 2 aromatic rings. The molecule has 1 aliphatic rings. The predicted molar refractivity (Wildman–Crippen MR) is 87.5 cm³/mol. The SMILES string of the molecule is N#CC(C#N)(NNC(=O)c1cccs1)C1C(=O)c2ccccc2C1=O. The van der Waals surface area contributed by atoms with Crippen LogP contribution >= 0.6 is 11.3 Å². The van der Waals surface area contributed by atoms with Crippen molar-refractivity contribution in [2.24, 2.45) is 5.92 Å². The first-order valence-electron chi connectivity index (χ1n) is 7.15. The number of hydrogen-bond acceptors (Lipinski definition) is 7. The fraction of sp³-hybridized carbons (Fsp3) is 0.118. The highest BCUT2D eigenvalue weighted by Crippen LogP contribution is 2.33. The number of benzene rings is 1. The van der Waals surface area contributed by atoms with Crippen LogP contribution in [-0.2, 0) is 0 Å². The third-order valence-electron chi connectivity index (χ3n) is 3.89. The van der Waals surface area contributed by atoms with Gasteiger partial charge >= 0.3 is 0 Å². The highest BCUT2D eigenvalue weighted by molar-refractivity contribution is 7.12. The number of carbonyl (C=O) groups excluding carboxylic acids is 3. The van der Waals surface area contributed by atoms with Crippen LogP contribution < -0.4 is 10.9 Å². The zero-order valence-corrected chi connectivity index (χ0v) is 13.5. The van der Waals surface area contributed by atoms with Gasteiger partial charge in [-0.2, -0.15) is 10.5 Å². The van der Waals surface area contributed by atoms with Gasteiger partial charge in [0, 0.05) is 11.1 Å². The summed E-state index contributed by atoms with van der Waals surface area (Å²) >= 11 is 1.17. The van der Waals surface area contributed by atoms with E-state index in [9.17, 15) is 24.9 Å². The second-order valence-corrected chi connectivity index (χ2v) is 6.24. The maximum atomic E-state index is 12.6. The Morgan fingerprint density at radius 3 is 2.12 bits per heavy atom. The van der Waals surface area contributed by atoms with Crippen molar-refractivity contribution in [3.63, 3.8) is 0 Å². The Morgan fingerprint density at radius 2 is 1.64 bits per heavy atom. The second kappa shape index (κ2) is 6.29. The Kier molecular flexibility index (Phi) is 4.15. The van der Waals surface area contributed by atoms with Crippen LogP contribution in [0.15, 0.2) is 41.8 Å². The number of nitrogens with one attached hydrogen (secondary N) is 2. The number of thiophene rings is 1. The monoisotopic (exact) mass is 350 g/mol. The van der Waals surface area contributed by atoms with E-state index in [4.69, 9.17) is 0 Å². The van der Waals surface area contributed by atoms with E-state index in [1.807, 2.05) is 0 Å². The minimum Gasteiger partial charge on any atom is -0.293 e. The van der Waals surface area contributed by atoms with Gasteiger partial charge in [0.05, 0.1) is 4.88 Å². The lowest BCUT2D eigenvalue weighted by molar-refractivity contribution is 0.0763. The summed E-state index contributed by atoms with van der Waals surface area (Å²) in [6.07, 6.45) is 0. The Bertz CT molecular complexity index is 904. The molecule has 1 amide bonds. The molecule has 1 heterocycles. The van der Waals surface area contributed by atoms with Gasteiger partial charge in [0.1, 0.15) is 18.1 Å². The van der Waals surface area contributed by atoms with Gasteiger partial charge in [-0.05, 0) is 11.4 Å². The Morgan fingerprint density at radius 1 is 1.04 bits per heavy atom. The topological polar surface area (TPSA) is 123 Å². The fourth-order valence-corrected chi connectivity index (χ4v) is 3.26. The molecule has 2 N–H and O–H groups in total. The second-order valence-electron chi connectivity index (χ2n) is 5.30. The van der Waals surface area contributed by atoms with Crippen molar-refractivity contribution in [3.8, 4) is 12.1 Å². The predicted octanol–water partition coefficient (Wildman–Crippen LogP) is 1.46. The number of carbonyl (C=O) groups is 3. The maximum absolute atomic E-state index is 12.6. The van der Waals surface area contributed by atoms with Crippen LogP contribution in [-0.4, -0.2) is 23.0 Å². The Labute approximate surface area is 146 Å². The molecule has 0 atom stereocenters. The number of nitrogens with zero attached hydrogens (tertiary/aromatic N) is 2. The molecule has 1 aliphatic carbocycles. The summed E-state index contributed by atoms with van der Waals surface area (Å²) < 4.78 is 0. The molecule has 0 saturated carbocycles. The van der Waals surface area contributed by atoms with Gasteiger partial charge in [0.25, 0.3) is 5.91 Å². The van der Waals surface area contributed by atoms with Crippen LogP contribution in [0, 0.1) is 28.6 Å².